The van der Waals surface area contributed by atoms with Crippen molar-refractivity contribution in [3.8, 4) is 0 Å². The van der Waals surface area contributed by atoms with Gasteiger partial charge in [0.1, 0.15) is 24.4 Å². The second kappa shape index (κ2) is 1.94. The van der Waals surface area contributed by atoms with E-state index >= 15 is 0 Å². The number of nitrogens with zero attached hydrogens (tertiary/aromatic N) is 2. The van der Waals surface area contributed by atoms with Gasteiger partial charge >= 0.3 is 0 Å². The van der Waals surface area contributed by atoms with Crippen LogP contribution in [0.5, 0.6) is 0 Å². The van der Waals surface area contributed by atoms with Gasteiger partial charge in [-0.3, -0.25) is 0 Å². The number of amidine groups is 1. The SMILES string of the molecule is CC1=NC(CF)=[C][N]1. The maximum Gasteiger partial charge on any atom is 0.134 e. The van der Waals surface area contributed by atoms with Crippen LogP contribution in [0.15, 0.2) is 10.7 Å². The van der Waals surface area contributed by atoms with Gasteiger partial charge in [0, 0.05) is 0 Å². The molecular formula is C5H5FN2. The van der Waals surface area contributed by atoms with Crippen LogP contribution in [0.25, 0.3) is 0 Å². The van der Waals surface area contributed by atoms with Crippen molar-refractivity contribution in [3.63, 3.8) is 0 Å². The van der Waals surface area contributed by atoms with Crippen molar-refractivity contribution in [1.29, 1.82) is 0 Å². The standard InChI is InChI=1S/C5H5FN2/c1-4-7-3-5(2-6)8-4/h2H2,1H3. The van der Waals surface area contributed by atoms with Gasteiger partial charge in [-0.1, -0.05) is 0 Å². The molecule has 0 saturated heterocycles. The van der Waals surface area contributed by atoms with Gasteiger partial charge in [-0.15, -0.1) is 0 Å². The third-order valence-corrected chi connectivity index (χ3v) is 0.770. The van der Waals surface area contributed by atoms with Gasteiger partial charge in [-0.2, -0.15) is 0 Å². The third kappa shape index (κ3) is 0.857. The summed E-state index contributed by atoms with van der Waals surface area (Å²) in [5.74, 6) is 0.581. The van der Waals surface area contributed by atoms with Crippen LogP contribution < -0.4 is 5.32 Å². The molecule has 2 radical (unpaired) electrons. The monoisotopic (exact) mass is 112 g/mol. The van der Waals surface area contributed by atoms with E-state index in [-0.39, 0.29) is 0 Å². The smallest absolute Gasteiger partial charge is 0.134 e. The van der Waals surface area contributed by atoms with Crippen LogP contribution in [-0.2, 0) is 0 Å². The summed E-state index contributed by atoms with van der Waals surface area (Å²) in [6, 6.07) is 0. The van der Waals surface area contributed by atoms with E-state index in [4.69, 9.17) is 0 Å². The molecule has 2 nitrogen and oxygen atoms in total. The fraction of sp³-hybridized carbons (Fsp3) is 0.400. The van der Waals surface area contributed by atoms with Gasteiger partial charge in [0.25, 0.3) is 0 Å². The lowest BCUT2D eigenvalue weighted by molar-refractivity contribution is 0.539. The Bertz CT molecular complexity index is 149. The number of hydrogen-bond donors (Lipinski definition) is 0. The first-order valence-electron chi connectivity index (χ1n) is 2.27. The van der Waals surface area contributed by atoms with Gasteiger partial charge in [0.15, 0.2) is 0 Å². The summed E-state index contributed by atoms with van der Waals surface area (Å²) >= 11 is 0. The summed E-state index contributed by atoms with van der Waals surface area (Å²) < 4.78 is 11.6. The number of alkyl halides is 1. The van der Waals surface area contributed by atoms with Crippen LogP contribution in [0.3, 0.4) is 0 Å². The predicted octanol–water partition coefficient (Wildman–Crippen LogP) is 0.637. The van der Waals surface area contributed by atoms with Crippen molar-refractivity contribution in [2.24, 2.45) is 4.99 Å². The maximum atomic E-state index is 11.6. The number of rotatable bonds is 1. The molecule has 1 aliphatic heterocycles. The molecule has 0 atom stereocenters. The quantitative estimate of drug-likeness (QED) is 0.476. The first-order valence-corrected chi connectivity index (χ1v) is 2.27. The zero-order chi connectivity index (χ0) is 5.98. The lowest BCUT2D eigenvalue weighted by Gasteiger charge is -1.80. The van der Waals surface area contributed by atoms with Crippen molar-refractivity contribution in [3.05, 3.63) is 11.9 Å². The minimum absolute atomic E-state index is 0.294. The Kier molecular flexibility index (Phi) is 1.28. The van der Waals surface area contributed by atoms with E-state index in [0.29, 0.717) is 11.5 Å². The topological polar surface area (TPSA) is 26.5 Å². The summed E-state index contributed by atoms with van der Waals surface area (Å²) in [6.45, 7) is 1.14. The molecule has 0 amide bonds. The lowest BCUT2D eigenvalue weighted by atomic mass is 10.5. The van der Waals surface area contributed by atoms with Gasteiger partial charge < -0.3 is 0 Å². The summed E-state index contributed by atoms with van der Waals surface area (Å²) in [5, 5.41) is 3.61. The molecule has 1 heterocycles. The minimum atomic E-state index is -0.569. The molecule has 1 aliphatic rings. The Morgan fingerprint density at radius 3 is 2.75 bits per heavy atom. The van der Waals surface area contributed by atoms with Crippen molar-refractivity contribution in [2.75, 3.05) is 6.67 Å². The van der Waals surface area contributed by atoms with Crippen LogP contribution in [0.1, 0.15) is 6.92 Å². The molecule has 0 bridgehead atoms. The molecule has 0 aromatic heterocycles. The molecule has 0 aliphatic carbocycles. The van der Waals surface area contributed by atoms with Crippen LogP contribution in [0.4, 0.5) is 4.39 Å². The number of halogens is 1. The largest absolute Gasteiger partial charge is 0.244 e. The Balaban J connectivity index is 2.58. The highest BCUT2D eigenvalue weighted by Crippen LogP contribution is 2.01. The minimum Gasteiger partial charge on any atom is -0.244 e. The number of hydrogen-bond acceptors (Lipinski definition) is 1. The molecular weight excluding hydrogens is 107 g/mol. The van der Waals surface area contributed by atoms with Gasteiger partial charge in [-0.05, 0) is 6.92 Å². The van der Waals surface area contributed by atoms with Crippen molar-refractivity contribution >= 4 is 5.84 Å². The predicted molar refractivity (Wildman–Crippen MR) is 28.0 cm³/mol. The van der Waals surface area contributed by atoms with E-state index in [0.717, 1.165) is 0 Å². The van der Waals surface area contributed by atoms with Crippen LogP contribution in [0, 0.1) is 6.20 Å². The number of aliphatic imine (C=N–C) groups is 1. The highest BCUT2D eigenvalue weighted by atomic mass is 19.1. The van der Waals surface area contributed by atoms with E-state index in [1.165, 1.54) is 0 Å². The summed E-state index contributed by atoms with van der Waals surface area (Å²) in [4.78, 5) is 3.69. The molecule has 1 rings (SSSR count). The average molecular weight is 112 g/mol. The van der Waals surface area contributed by atoms with Crippen LogP contribution in [-0.4, -0.2) is 12.5 Å². The van der Waals surface area contributed by atoms with Gasteiger partial charge in [0.05, 0.1) is 0 Å². The molecule has 0 fully saturated rings. The van der Waals surface area contributed by atoms with Crippen LogP contribution >= 0.6 is 0 Å². The molecule has 8 heavy (non-hydrogen) atoms. The van der Waals surface area contributed by atoms with Crippen molar-refractivity contribution < 1.29 is 4.39 Å². The van der Waals surface area contributed by atoms with Gasteiger partial charge in [0.2, 0.25) is 0 Å². The van der Waals surface area contributed by atoms with Crippen molar-refractivity contribution in [2.45, 2.75) is 6.92 Å². The van der Waals surface area contributed by atoms with E-state index in [1.54, 1.807) is 6.92 Å². The molecule has 0 aromatic rings. The fourth-order valence-corrected chi connectivity index (χ4v) is 0.451. The average Bonchev–Trinajstić information content (AvgIpc) is 2.14. The van der Waals surface area contributed by atoms with E-state index in [1.807, 2.05) is 0 Å². The summed E-state index contributed by atoms with van der Waals surface area (Å²) in [5.41, 5.74) is 0.294. The molecule has 0 N–H and O–H groups in total. The van der Waals surface area contributed by atoms with Gasteiger partial charge in [-0.25, -0.2) is 14.7 Å². The second-order valence-corrected chi connectivity index (χ2v) is 1.46. The molecule has 0 unspecified atom stereocenters. The lowest BCUT2D eigenvalue weighted by Crippen LogP contribution is -1.97. The van der Waals surface area contributed by atoms with E-state index in [9.17, 15) is 4.39 Å². The Morgan fingerprint density at radius 2 is 2.50 bits per heavy atom. The maximum absolute atomic E-state index is 11.6. The molecule has 42 valence electrons. The molecule has 0 aromatic carbocycles. The Labute approximate surface area is 47.1 Å². The first kappa shape index (κ1) is 5.28. The Hall–Kier alpha value is -0.860. The van der Waals surface area contributed by atoms with Crippen molar-refractivity contribution in [1.82, 2.24) is 5.32 Å². The summed E-state index contributed by atoms with van der Waals surface area (Å²) in [7, 11) is 0. The highest BCUT2D eigenvalue weighted by molar-refractivity contribution is 5.82. The highest BCUT2D eigenvalue weighted by Gasteiger charge is 2.03. The molecule has 0 saturated carbocycles. The normalized spacial score (nSPS) is 17.2. The zero-order valence-electron chi connectivity index (χ0n) is 4.48. The second-order valence-electron chi connectivity index (χ2n) is 1.46. The third-order valence-electron chi connectivity index (χ3n) is 0.770. The molecule has 3 heteroatoms. The number of allylic oxidation sites excluding steroid dienone is 1. The fourth-order valence-electron chi connectivity index (χ4n) is 0.451. The van der Waals surface area contributed by atoms with E-state index in [2.05, 4.69) is 16.5 Å². The summed E-state index contributed by atoms with van der Waals surface area (Å²) in [6.07, 6.45) is 2.42. The first-order chi connectivity index (χ1) is 3.83. The molecule has 0 spiro atoms. The van der Waals surface area contributed by atoms with Crippen LogP contribution in [0.2, 0.25) is 0 Å². The Morgan fingerprint density at radius 1 is 1.75 bits per heavy atom. The zero-order valence-corrected chi connectivity index (χ0v) is 4.48. The van der Waals surface area contributed by atoms with E-state index < -0.39 is 6.67 Å².